The highest BCUT2D eigenvalue weighted by atomic mass is 16.2. The van der Waals surface area contributed by atoms with E-state index < -0.39 is 23.3 Å². The summed E-state index contributed by atoms with van der Waals surface area (Å²) in [7, 11) is 0. The molecule has 2 saturated heterocycles. The zero-order valence-electron chi connectivity index (χ0n) is 19.2. The average Bonchev–Trinajstić information content (AvgIpc) is 3.24. The summed E-state index contributed by atoms with van der Waals surface area (Å²) >= 11 is 0. The van der Waals surface area contributed by atoms with Gasteiger partial charge in [-0.15, -0.1) is 0 Å². The van der Waals surface area contributed by atoms with Crippen molar-refractivity contribution in [1.82, 2.24) is 9.88 Å². The monoisotopic (exact) mass is 431 g/mol. The van der Waals surface area contributed by atoms with Gasteiger partial charge in [0.05, 0.1) is 29.1 Å². The predicted molar refractivity (Wildman–Crippen MR) is 124 cm³/mol. The second-order valence-corrected chi connectivity index (χ2v) is 10.2. The van der Waals surface area contributed by atoms with Gasteiger partial charge < -0.3 is 4.90 Å². The number of aromatic nitrogens is 1. The number of amides is 2. The summed E-state index contributed by atoms with van der Waals surface area (Å²) < 4.78 is 0. The van der Waals surface area contributed by atoms with E-state index in [1.807, 2.05) is 75.9 Å². The molecule has 0 unspecified atom stereocenters. The minimum atomic E-state index is -0.702. The Hall–Kier alpha value is -3.02. The maximum Gasteiger partial charge on any atom is 0.235 e. The Bertz CT molecular complexity index is 1180. The van der Waals surface area contributed by atoms with Crippen LogP contribution >= 0.6 is 0 Å². The number of anilines is 1. The van der Waals surface area contributed by atoms with Crippen LogP contribution in [-0.4, -0.2) is 45.6 Å². The molecule has 3 aliphatic heterocycles. The van der Waals surface area contributed by atoms with Crippen LogP contribution in [-0.2, 0) is 14.4 Å². The quantitative estimate of drug-likeness (QED) is 0.691. The highest BCUT2D eigenvalue weighted by Crippen LogP contribution is 2.51. The summed E-state index contributed by atoms with van der Waals surface area (Å²) in [6.45, 7) is 9.52. The number of benzene rings is 1. The van der Waals surface area contributed by atoms with E-state index in [2.05, 4.69) is 4.98 Å². The van der Waals surface area contributed by atoms with E-state index in [-0.39, 0.29) is 29.7 Å². The van der Waals surface area contributed by atoms with Crippen LogP contribution in [0.3, 0.4) is 0 Å². The van der Waals surface area contributed by atoms with Crippen molar-refractivity contribution in [3.05, 3.63) is 42.1 Å². The fourth-order valence-electron chi connectivity index (χ4n) is 5.56. The van der Waals surface area contributed by atoms with E-state index >= 15 is 0 Å². The summed E-state index contributed by atoms with van der Waals surface area (Å²) in [4.78, 5) is 49.1. The Morgan fingerprint density at radius 3 is 2.53 bits per heavy atom. The molecule has 2 amide bonds. The second kappa shape index (κ2) is 6.99. The highest BCUT2D eigenvalue weighted by molar-refractivity contribution is 6.13. The normalized spacial score (nSPS) is 27.5. The molecule has 1 aromatic carbocycles. The van der Waals surface area contributed by atoms with Crippen molar-refractivity contribution in [2.75, 3.05) is 4.90 Å². The topological polar surface area (TPSA) is 70.6 Å². The number of carbonyl (C=O) groups is 3. The summed E-state index contributed by atoms with van der Waals surface area (Å²) in [5.41, 5.74) is 1.95. The molecule has 2 aromatic rings. The zero-order valence-corrected chi connectivity index (χ0v) is 19.2. The van der Waals surface area contributed by atoms with E-state index in [1.54, 1.807) is 6.20 Å². The summed E-state index contributed by atoms with van der Waals surface area (Å²) in [5.74, 6) is -1.63. The smallest absolute Gasteiger partial charge is 0.235 e. The summed E-state index contributed by atoms with van der Waals surface area (Å²) in [6, 6.07) is 6.70. The van der Waals surface area contributed by atoms with Crippen LogP contribution < -0.4 is 4.90 Å². The molecular formula is C26H29N3O3. The van der Waals surface area contributed by atoms with Crippen LogP contribution in [0.4, 0.5) is 5.69 Å². The predicted octanol–water partition coefficient (Wildman–Crippen LogP) is 3.83. The number of nitrogens with zero attached hydrogens (tertiary/aromatic N) is 3. The third kappa shape index (κ3) is 2.71. The van der Waals surface area contributed by atoms with Gasteiger partial charge in [0.15, 0.2) is 5.78 Å². The second-order valence-electron chi connectivity index (χ2n) is 10.2. The zero-order chi connectivity index (χ0) is 22.9. The molecule has 1 aromatic heterocycles. The number of likely N-dealkylation sites (tertiary alicyclic amines) is 1. The van der Waals surface area contributed by atoms with Crippen molar-refractivity contribution in [3.8, 4) is 0 Å². The number of imide groups is 1. The van der Waals surface area contributed by atoms with Gasteiger partial charge in [-0.25, -0.2) is 0 Å². The first kappa shape index (κ1) is 20.9. The molecule has 2 fully saturated rings. The molecule has 5 rings (SSSR count). The molecule has 166 valence electrons. The molecule has 0 saturated carbocycles. The number of rotatable bonds is 3. The first-order valence-corrected chi connectivity index (χ1v) is 11.4. The van der Waals surface area contributed by atoms with Crippen LogP contribution in [0.5, 0.6) is 0 Å². The van der Waals surface area contributed by atoms with Gasteiger partial charge in [0, 0.05) is 23.0 Å². The number of carbonyl (C=O) groups excluding carboxylic acids is 3. The first-order chi connectivity index (χ1) is 15.2. The summed E-state index contributed by atoms with van der Waals surface area (Å²) in [6.07, 6.45) is 6.44. The van der Waals surface area contributed by atoms with Crippen molar-refractivity contribution in [2.45, 2.75) is 59.2 Å². The highest BCUT2D eigenvalue weighted by Gasteiger charge is 2.65. The van der Waals surface area contributed by atoms with Crippen LogP contribution in [0, 0.1) is 17.3 Å². The average molecular weight is 432 g/mol. The number of pyridine rings is 1. The molecule has 6 heteroatoms. The van der Waals surface area contributed by atoms with E-state index in [9.17, 15) is 14.4 Å². The van der Waals surface area contributed by atoms with E-state index in [4.69, 9.17) is 0 Å². The SMILES string of the molecule is CC[C@H](C)N1C(=O)[C@@H]2[C@@H](C1=O)[C@H](C(=O)C(C)(C)C)N1c3c(ccc4cccnc34)C=C[C@H]21. The Morgan fingerprint density at radius 2 is 1.84 bits per heavy atom. The fourth-order valence-corrected chi connectivity index (χ4v) is 5.56. The Kier molecular flexibility index (Phi) is 4.56. The van der Waals surface area contributed by atoms with Crippen molar-refractivity contribution in [1.29, 1.82) is 0 Å². The third-order valence-corrected chi connectivity index (χ3v) is 7.31. The summed E-state index contributed by atoms with van der Waals surface area (Å²) in [5, 5.41) is 0.971. The van der Waals surface area contributed by atoms with Gasteiger partial charge in [-0.2, -0.15) is 0 Å². The lowest BCUT2D eigenvalue weighted by molar-refractivity contribution is -0.144. The van der Waals surface area contributed by atoms with Gasteiger partial charge in [0.1, 0.15) is 6.04 Å². The molecule has 0 N–H and O–H groups in total. The Labute approximate surface area is 188 Å². The standard InChI is InChI=1S/C26H29N3O3/c1-6-14(2)28-24(31)18-17-12-11-16-10-9-15-8-7-13-27-20(15)21(16)29(17)22(19(18)25(28)32)23(30)26(3,4)5/h7-14,17-19,22H,6H2,1-5H3/t14-,17+,18-,19+,22+/m0/s1. The number of hydrogen-bond acceptors (Lipinski definition) is 5. The van der Waals surface area contributed by atoms with Crippen LogP contribution in [0.1, 0.15) is 46.6 Å². The molecule has 6 nitrogen and oxygen atoms in total. The maximum atomic E-state index is 13.8. The minimum absolute atomic E-state index is 0.0173. The Balaban J connectivity index is 1.74. The molecule has 0 spiro atoms. The molecular weight excluding hydrogens is 402 g/mol. The number of fused-ring (bicyclic) bond motifs is 7. The van der Waals surface area contributed by atoms with Gasteiger partial charge in [-0.05, 0) is 25.0 Å². The lowest BCUT2D eigenvalue weighted by Gasteiger charge is -2.39. The molecule has 0 radical (unpaired) electrons. The molecule has 32 heavy (non-hydrogen) atoms. The maximum absolute atomic E-state index is 13.8. The lowest BCUT2D eigenvalue weighted by Crippen LogP contribution is -2.52. The van der Waals surface area contributed by atoms with E-state index in [0.29, 0.717) is 6.42 Å². The van der Waals surface area contributed by atoms with Crippen molar-refractivity contribution in [3.63, 3.8) is 0 Å². The fraction of sp³-hybridized carbons (Fsp3) is 0.462. The molecule has 3 aliphatic rings. The molecule has 0 aliphatic carbocycles. The molecule has 4 heterocycles. The van der Waals surface area contributed by atoms with Gasteiger partial charge in [0.25, 0.3) is 0 Å². The number of Topliss-reactive ketones (excluding diaryl/α,β-unsaturated/α-hetero) is 1. The molecule has 5 atom stereocenters. The number of hydrogen-bond donors (Lipinski definition) is 0. The van der Waals surface area contributed by atoms with Crippen LogP contribution in [0.15, 0.2) is 36.5 Å². The van der Waals surface area contributed by atoms with Crippen molar-refractivity contribution in [2.24, 2.45) is 17.3 Å². The number of ketones is 1. The van der Waals surface area contributed by atoms with Crippen LogP contribution in [0.2, 0.25) is 0 Å². The third-order valence-electron chi connectivity index (χ3n) is 7.31. The molecule has 0 bridgehead atoms. The minimum Gasteiger partial charge on any atom is -0.351 e. The van der Waals surface area contributed by atoms with Crippen LogP contribution in [0.25, 0.3) is 17.0 Å². The van der Waals surface area contributed by atoms with Gasteiger partial charge in [0.2, 0.25) is 11.8 Å². The van der Waals surface area contributed by atoms with E-state index in [0.717, 1.165) is 22.2 Å². The van der Waals surface area contributed by atoms with E-state index in [1.165, 1.54) is 4.90 Å². The van der Waals surface area contributed by atoms with Gasteiger partial charge in [-0.1, -0.05) is 58.0 Å². The first-order valence-electron chi connectivity index (χ1n) is 11.4. The largest absolute Gasteiger partial charge is 0.351 e. The van der Waals surface area contributed by atoms with Crippen molar-refractivity contribution >= 4 is 40.3 Å². The van der Waals surface area contributed by atoms with Gasteiger partial charge in [-0.3, -0.25) is 24.3 Å². The lowest BCUT2D eigenvalue weighted by atomic mass is 9.79. The van der Waals surface area contributed by atoms with Gasteiger partial charge >= 0.3 is 0 Å². The van der Waals surface area contributed by atoms with Crippen molar-refractivity contribution < 1.29 is 14.4 Å². The Morgan fingerprint density at radius 1 is 1.12 bits per heavy atom.